The molecule has 0 saturated heterocycles. The van der Waals surface area contributed by atoms with E-state index in [0.717, 1.165) is 22.4 Å². The predicted octanol–water partition coefficient (Wildman–Crippen LogP) is 2.91. The zero-order chi connectivity index (χ0) is 14.7. The Morgan fingerprint density at radius 2 is 2.00 bits per heavy atom. The lowest BCUT2D eigenvalue weighted by Crippen LogP contribution is -2.05. The van der Waals surface area contributed by atoms with Crippen LogP contribution in [-0.2, 0) is 11.3 Å². The number of carbonyl (C=O) groups excluding carboxylic acids is 1. The minimum Gasteiger partial charge on any atom is -0.462 e. The fraction of sp³-hybridized carbons (Fsp3) is 0.312. The van der Waals surface area contributed by atoms with Gasteiger partial charge in [0.1, 0.15) is 0 Å². The maximum atomic E-state index is 11.8. The van der Waals surface area contributed by atoms with Crippen LogP contribution < -0.4 is 5.73 Å². The second-order valence-corrected chi connectivity index (χ2v) is 5.00. The highest BCUT2D eigenvalue weighted by Crippen LogP contribution is 2.16. The van der Waals surface area contributed by atoms with Gasteiger partial charge in [-0.05, 0) is 49.6 Å². The van der Waals surface area contributed by atoms with Crippen molar-refractivity contribution in [2.24, 2.45) is 0 Å². The number of aromatic nitrogens is 1. The van der Waals surface area contributed by atoms with E-state index in [1.165, 1.54) is 0 Å². The third-order valence-corrected chi connectivity index (χ3v) is 3.10. The average molecular weight is 272 g/mol. The molecule has 1 heterocycles. The van der Waals surface area contributed by atoms with Crippen molar-refractivity contribution in [3.63, 3.8) is 0 Å². The minimum atomic E-state index is -0.271. The predicted molar refractivity (Wildman–Crippen MR) is 79.8 cm³/mol. The first-order valence-electron chi connectivity index (χ1n) is 6.69. The van der Waals surface area contributed by atoms with E-state index in [2.05, 4.69) is 6.07 Å². The van der Waals surface area contributed by atoms with Gasteiger partial charge in [0.15, 0.2) is 0 Å². The maximum absolute atomic E-state index is 11.8. The Morgan fingerprint density at radius 3 is 2.65 bits per heavy atom. The molecule has 0 aliphatic carbocycles. The second-order valence-electron chi connectivity index (χ2n) is 5.00. The zero-order valence-corrected chi connectivity index (χ0v) is 12.1. The molecule has 0 aliphatic rings. The van der Waals surface area contributed by atoms with Crippen molar-refractivity contribution in [2.45, 2.75) is 27.3 Å². The summed E-state index contributed by atoms with van der Waals surface area (Å²) in [7, 11) is 0. The number of hydrogen-bond acceptors (Lipinski definition) is 3. The molecule has 0 unspecified atom stereocenters. The van der Waals surface area contributed by atoms with E-state index in [1.807, 2.05) is 42.9 Å². The first kappa shape index (κ1) is 14.2. The Kier molecular flexibility index (Phi) is 4.13. The lowest BCUT2D eigenvalue weighted by Gasteiger charge is -2.06. The van der Waals surface area contributed by atoms with Crippen LogP contribution in [0.1, 0.15) is 34.0 Å². The molecule has 0 atom stereocenters. The standard InChI is InChI=1S/C16H20N2O2/c1-4-20-16(19)15-10-18(8-12(15)3)9-13-5-11(2)6-14(17)7-13/h5-8,10H,4,9,17H2,1-3H3. The number of hydrogen-bond donors (Lipinski definition) is 1. The molecule has 0 radical (unpaired) electrons. The first-order valence-corrected chi connectivity index (χ1v) is 6.69. The third kappa shape index (κ3) is 3.20. The van der Waals surface area contributed by atoms with Crippen LogP contribution in [0.5, 0.6) is 0 Å². The van der Waals surface area contributed by atoms with E-state index < -0.39 is 0 Å². The molecule has 0 aliphatic heterocycles. The fourth-order valence-corrected chi connectivity index (χ4v) is 2.33. The number of rotatable bonds is 4. The first-order chi connectivity index (χ1) is 9.49. The summed E-state index contributed by atoms with van der Waals surface area (Å²) in [5.41, 5.74) is 10.4. The quantitative estimate of drug-likeness (QED) is 0.687. The zero-order valence-electron chi connectivity index (χ0n) is 12.1. The molecule has 4 nitrogen and oxygen atoms in total. The van der Waals surface area contributed by atoms with Crippen molar-refractivity contribution in [1.29, 1.82) is 0 Å². The van der Waals surface area contributed by atoms with Crippen molar-refractivity contribution >= 4 is 11.7 Å². The van der Waals surface area contributed by atoms with Crippen LogP contribution in [0.4, 0.5) is 5.69 Å². The van der Waals surface area contributed by atoms with Crippen molar-refractivity contribution in [2.75, 3.05) is 12.3 Å². The van der Waals surface area contributed by atoms with Crippen LogP contribution in [-0.4, -0.2) is 17.1 Å². The maximum Gasteiger partial charge on any atom is 0.339 e. The normalized spacial score (nSPS) is 10.6. The van der Waals surface area contributed by atoms with Gasteiger partial charge in [0, 0.05) is 24.6 Å². The van der Waals surface area contributed by atoms with Gasteiger partial charge in [-0.2, -0.15) is 0 Å². The minimum absolute atomic E-state index is 0.271. The van der Waals surface area contributed by atoms with Gasteiger partial charge in [0.25, 0.3) is 0 Å². The highest BCUT2D eigenvalue weighted by Gasteiger charge is 2.12. The molecule has 0 bridgehead atoms. The SMILES string of the molecule is CCOC(=O)c1cn(Cc2cc(C)cc(N)c2)cc1C. The molecule has 20 heavy (non-hydrogen) atoms. The Hall–Kier alpha value is -2.23. The van der Waals surface area contributed by atoms with Gasteiger partial charge in [-0.1, -0.05) is 6.07 Å². The molecule has 106 valence electrons. The summed E-state index contributed by atoms with van der Waals surface area (Å²) in [6.45, 7) is 6.81. The third-order valence-electron chi connectivity index (χ3n) is 3.10. The smallest absolute Gasteiger partial charge is 0.339 e. The molecule has 4 heteroatoms. The molecule has 2 aromatic rings. The lowest BCUT2D eigenvalue weighted by molar-refractivity contribution is 0.0525. The van der Waals surface area contributed by atoms with Crippen LogP contribution in [0.25, 0.3) is 0 Å². The fourth-order valence-electron chi connectivity index (χ4n) is 2.33. The van der Waals surface area contributed by atoms with Crippen LogP contribution in [0.2, 0.25) is 0 Å². The summed E-state index contributed by atoms with van der Waals surface area (Å²) < 4.78 is 7.02. The van der Waals surface area contributed by atoms with Crippen LogP contribution in [0, 0.1) is 13.8 Å². The molecular formula is C16H20N2O2. The summed E-state index contributed by atoms with van der Waals surface area (Å²) in [4.78, 5) is 11.8. The number of benzene rings is 1. The van der Waals surface area contributed by atoms with E-state index >= 15 is 0 Å². The van der Waals surface area contributed by atoms with Crippen molar-refractivity contribution in [3.8, 4) is 0 Å². The topological polar surface area (TPSA) is 57.2 Å². The second kappa shape index (κ2) is 5.82. The molecule has 1 aromatic carbocycles. The summed E-state index contributed by atoms with van der Waals surface area (Å²) in [5, 5.41) is 0. The highest BCUT2D eigenvalue weighted by atomic mass is 16.5. The van der Waals surface area contributed by atoms with E-state index in [1.54, 1.807) is 6.92 Å². The molecule has 2 rings (SSSR count). The molecule has 0 spiro atoms. The van der Waals surface area contributed by atoms with Gasteiger partial charge >= 0.3 is 5.97 Å². The number of esters is 1. The van der Waals surface area contributed by atoms with Gasteiger partial charge < -0.3 is 15.0 Å². The highest BCUT2D eigenvalue weighted by molar-refractivity contribution is 5.90. The lowest BCUT2D eigenvalue weighted by atomic mass is 10.1. The Morgan fingerprint density at radius 1 is 1.25 bits per heavy atom. The molecular weight excluding hydrogens is 252 g/mol. The van der Waals surface area contributed by atoms with Gasteiger partial charge in [0.2, 0.25) is 0 Å². The molecule has 2 N–H and O–H groups in total. The van der Waals surface area contributed by atoms with Gasteiger partial charge in [0.05, 0.1) is 12.2 Å². The number of aryl methyl sites for hydroxylation is 2. The number of nitrogen functional groups attached to an aromatic ring is 1. The van der Waals surface area contributed by atoms with Crippen molar-refractivity contribution in [1.82, 2.24) is 4.57 Å². The largest absolute Gasteiger partial charge is 0.462 e. The Labute approximate surface area is 119 Å². The number of carbonyl (C=O) groups is 1. The number of nitrogens with two attached hydrogens (primary N) is 1. The Bertz CT molecular complexity index is 609. The molecule has 1 aromatic heterocycles. The summed E-state index contributed by atoms with van der Waals surface area (Å²) in [5.74, 6) is -0.271. The summed E-state index contributed by atoms with van der Waals surface area (Å²) in [6.07, 6.45) is 3.77. The average Bonchev–Trinajstić information content (AvgIpc) is 2.69. The van der Waals surface area contributed by atoms with Crippen molar-refractivity contribution < 1.29 is 9.53 Å². The molecule has 0 fully saturated rings. The van der Waals surface area contributed by atoms with Crippen LogP contribution >= 0.6 is 0 Å². The molecule has 0 amide bonds. The number of nitrogens with zero attached hydrogens (tertiary/aromatic N) is 1. The summed E-state index contributed by atoms with van der Waals surface area (Å²) in [6, 6.07) is 5.98. The van der Waals surface area contributed by atoms with E-state index in [4.69, 9.17) is 10.5 Å². The molecule has 0 saturated carbocycles. The van der Waals surface area contributed by atoms with E-state index in [9.17, 15) is 4.79 Å². The van der Waals surface area contributed by atoms with Gasteiger partial charge in [-0.3, -0.25) is 0 Å². The monoisotopic (exact) mass is 272 g/mol. The van der Waals surface area contributed by atoms with Gasteiger partial charge in [-0.25, -0.2) is 4.79 Å². The van der Waals surface area contributed by atoms with Crippen molar-refractivity contribution in [3.05, 3.63) is 52.8 Å². The Balaban J connectivity index is 2.22. The number of anilines is 1. The number of ether oxygens (including phenoxy) is 1. The van der Waals surface area contributed by atoms with E-state index in [0.29, 0.717) is 18.7 Å². The van der Waals surface area contributed by atoms with Gasteiger partial charge in [-0.15, -0.1) is 0 Å². The van der Waals surface area contributed by atoms with Crippen LogP contribution in [0.3, 0.4) is 0 Å². The summed E-state index contributed by atoms with van der Waals surface area (Å²) >= 11 is 0. The van der Waals surface area contributed by atoms with Crippen LogP contribution in [0.15, 0.2) is 30.6 Å². The van der Waals surface area contributed by atoms with E-state index in [-0.39, 0.29) is 5.97 Å².